The summed E-state index contributed by atoms with van der Waals surface area (Å²) in [6, 6.07) is 16.3. The van der Waals surface area contributed by atoms with E-state index >= 15 is 0 Å². The van der Waals surface area contributed by atoms with Crippen LogP contribution in [0.5, 0.6) is 0 Å². The zero-order valence-corrected chi connectivity index (χ0v) is 15.9. The molecule has 1 unspecified atom stereocenters. The van der Waals surface area contributed by atoms with Crippen molar-refractivity contribution in [3.05, 3.63) is 70.9 Å². The SMILES string of the molecule is CN1Cc2cc(C3(N(C)C)CC3)ccc2C(c2ccc3cc[nH]c3c2)C1. The van der Waals surface area contributed by atoms with E-state index in [2.05, 4.69) is 78.4 Å². The van der Waals surface area contributed by atoms with Crippen LogP contribution in [0.15, 0.2) is 48.7 Å². The molecule has 1 aromatic heterocycles. The largest absolute Gasteiger partial charge is 0.361 e. The molecule has 3 nitrogen and oxygen atoms in total. The number of likely N-dealkylation sites (N-methyl/N-ethyl adjacent to an activating group) is 1. The molecular formula is C23H27N3. The molecule has 1 saturated carbocycles. The molecule has 26 heavy (non-hydrogen) atoms. The first-order valence-electron chi connectivity index (χ1n) is 9.63. The van der Waals surface area contributed by atoms with E-state index < -0.39 is 0 Å². The third kappa shape index (κ3) is 2.42. The Kier molecular flexibility index (Phi) is 3.53. The lowest BCUT2D eigenvalue weighted by Crippen LogP contribution is -2.32. The molecule has 2 heterocycles. The highest BCUT2D eigenvalue weighted by atomic mass is 15.2. The third-order valence-electron chi connectivity index (χ3n) is 6.55. The van der Waals surface area contributed by atoms with Crippen LogP contribution in [0.3, 0.4) is 0 Å². The smallest absolute Gasteiger partial charge is 0.0456 e. The first-order valence-corrected chi connectivity index (χ1v) is 9.63. The van der Waals surface area contributed by atoms with Crippen LogP contribution in [0.2, 0.25) is 0 Å². The Morgan fingerprint density at radius 2 is 1.92 bits per heavy atom. The van der Waals surface area contributed by atoms with E-state index in [1.165, 1.54) is 46.0 Å². The lowest BCUT2D eigenvalue weighted by Gasteiger charge is -2.34. The summed E-state index contributed by atoms with van der Waals surface area (Å²) in [5.74, 6) is 0.444. The summed E-state index contributed by atoms with van der Waals surface area (Å²) in [5, 5.41) is 1.29. The van der Waals surface area contributed by atoms with Gasteiger partial charge in [0.15, 0.2) is 0 Å². The monoisotopic (exact) mass is 345 g/mol. The van der Waals surface area contributed by atoms with E-state index in [0.717, 1.165) is 13.1 Å². The van der Waals surface area contributed by atoms with Gasteiger partial charge in [-0.1, -0.05) is 30.3 Å². The number of aromatic nitrogens is 1. The van der Waals surface area contributed by atoms with Crippen LogP contribution in [-0.4, -0.2) is 42.5 Å². The van der Waals surface area contributed by atoms with Crippen molar-refractivity contribution in [3.63, 3.8) is 0 Å². The highest BCUT2D eigenvalue weighted by Crippen LogP contribution is 2.50. The summed E-state index contributed by atoms with van der Waals surface area (Å²) in [5.41, 5.74) is 7.43. The molecule has 2 aromatic carbocycles. The molecule has 1 atom stereocenters. The lowest BCUT2D eigenvalue weighted by atomic mass is 9.83. The fourth-order valence-electron chi connectivity index (χ4n) is 4.82. The number of nitrogens with one attached hydrogen (secondary N) is 1. The van der Waals surface area contributed by atoms with Crippen LogP contribution >= 0.6 is 0 Å². The van der Waals surface area contributed by atoms with E-state index in [9.17, 15) is 0 Å². The maximum Gasteiger partial charge on any atom is 0.0456 e. The summed E-state index contributed by atoms with van der Waals surface area (Å²) in [4.78, 5) is 8.23. The van der Waals surface area contributed by atoms with Gasteiger partial charge < -0.3 is 9.88 Å². The fourth-order valence-corrected chi connectivity index (χ4v) is 4.82. The van der Waals surface area contributed by atoms with E-state index in [1.54, 1.807) is 0 Å². The van der Waals surface area contributed by atoms with Crippen LogP contribution in [0, 0.1) is 0 Å². The molecule has 1 aliphatic heterocycles. The molecule has 1 N–H and O–H groups in total. The van der Waals surface area contributed by atoms with E-state index in [4.69, 9.17) is 0 Å². The van der Waals surface area contributed by atoms with Gasteiger partial charge in [-0.25, -0.2) is 0 Å². The van der Waals surface area contributed by atoms with Gasteiger partial charge in [-0.2, -0.15) is 0 Å². The second-order valence-electron chi connectivity index (χ2n) is 8.41. The van der Waals surface area contributed by atoms with Crippen molar-refractivity contribution >= 4 is 10.9 Å². The maximum absolute atomic E-state index is 3.36. The van der Waals surface area contributed by atoms with E-state index in [1.807, 2.05) is 6.20 Å². The second kappa shape index (κ2) is 5.70. The molecule has 5 rings (SSSR count). The average Bonchev–Trinajstić information content (AvgIpc) is 3.32. The van der Waals surface area contributed by atoms with Gasteiger partial charge in [-0.3, -0.25) is 4.90 Å². The number of benzene rings is 2. The number of nitrogens with zero attached hydrogens (tertiary/aromatic N) is 2. The van der Waals surface area contributed by atoms with Crippen LogP contribution < -0.4 is 0 Å². The van der Waals surface area contributed by atoms with Crippen molar-refractivity contribution in [2.24, 2.45) is 0 Å². The minimum absolute atomic E-state index is 0.281. The summed E-state index contributed by atoms with van der Waals surface area (Å²) < 4.78 is 0. The molecule has 1 fully saturated rings. The predicted octanol–water partition coefficient (Wildman–Crippen LogP) is 4.30. The topological polar surface area (TPSA) is 22.3 Å². The number of aromatic amines is 1. The van der Waals surface area contributed by atoms with Crippen LogP contribution in [0.1, 0.15) is 41.0 Å². The van der Waals surface area contributed by atoms with Gasteiger partial charge in [0.05, 0.1) is 0 Å². The molecular weight excluding hydrogens is 318 g/mol. The van der Waals surface area contributed by atoms with Crippen molar-refractivity contribution in [1.82, 2.24) is 14.8 Å². The Hall–Kier alpha value is -2.10. The van der Waals surface area contributed by atoms with Gasteiger partial charge in [-0.15, -0.1) is 0 Å². The van der Waals surface area contributed by atoms with Gasteiger partial charge in [0.2, 0.25) is 0 Å². The zero-order valence-electron chi connectivity index (χ0n) is 15.9. The lowest BCUT2D eigenvalue weighted by molar-refractivity contribution is 0.272. The van der Waals surface area contributed by atoms with Crippen LogP contribution in [0.25, 0.3) is 10.9 Å². The molecule has 0 saturated heterocycles. The van der Waals surface area contributed by atoms with Crippen molar-refractivity contribution in [3.8, 4) is 0 Å². The Morgan fingerprint density at radius 3 is 2.69 bits per heavy atom. The van der Waals surface area contributed by atoms with Crippen LogP contribution in [0.4, 0.5) is 0 Å². The summed E-state index contributed by atoms with van der Waals surface area (Å²) in [6.45, 7) is 2.13. The Balaban J connectivity index is 1.57. The Morgan fingerprint density at radius 1 is 1.08 bits per heavy atom. The molecule has 0 radical (unpaired) electrons. The van der Waals surface area contributed by atoms with E-state index in [0.29, 0.717) is 5.92 Å². The van der Waals surface area contributed by atoms with Gasteiger partial charge in [0.25, 0.3) is 0 Å². The molecule has 0 spiro atoms. The van der Waals surface area contributed by atoms with Crippen molar-refractivity contribution in [2.45, 2.75) is 30.8 Å². The number of H-pyrrole nitrogens is 1. The first kappa shape index (κ1) is 16.1. The second-order valence-corrected chi connectivity index (χ2v) is 8.41. The number of hydrogen-bond donors (Lipinski definition) is 1. The van der Waals surface area contributed by atoms with Gasteiger partial charge >= 0.3 is 0 Å². The fraction of sp³-hybridized carbons (Fsp3) is 0.391. The van der Waals surface area contributed by atoms with Gasteiger partial charge in [0.1, 0.15) is 0 Å². The Labute approximate surface area is 155 Å². The summed E-state index contributed by atoms with van der Waals surface area (Å²) in [6.07, 6.45) is 4.58. The average molecular weight is 345 g/mol. The molecule has 0 amide bonds. The predicted molar refractivity (Wildman–Crippen MR) is 108 cm³/mol. The number of fused-ring (bicyclic) bond motifs is 2. The first-order chi connectivity index (χ1) is 12.6. The minimum Gasteiger partial charge on any atom is -0.361 e. The van der Waals surface area contributed by atoms with Crippen molar-refractivity contribution in [1.29, 1.82) is 0 Å². The number of rotatable bonds is 3. The third-order valence-corrected chi connectivity index (χ3v) is 6.55. The Bertz CT molecular complexity index is 964. The quantitative estimate of drug-likeness (QED) is 0.765. The van der Waals surface area contributed by atoms with Crippen molar-refractivity contribution < 1.29 is 0 Å². The maximum atomic E-state index is 3.36. The summed E-state index contributed by atoms with van der Waals surface area (Å²) >= 11 is 0. The molecule has 3 aromatic rings. The molecule has 2 aliphatic rings. The minimum atomic E-state index is 0.281. The normalized spacial score (nSPS) is 21.9. The number of hydrogen-bond acceptors (Lipinski definition) is 2. The van der Waals surface area contributed by atoms with E-state index in [-0.39, 0.29) is 5.54 Å². The van der Waals surface area contributed by atoms with Gasteiger partial charge in [-0.05, 0) is 73.8 Å². The zero-order chi connectivity index (χ0) is 17.9. The van der Waals surface area contributed by atoms with Crippen molar-refractivity contribution in [2.75, 3.05) is 27.7 Å². The molecule has 0 bridgehead atoms. The highest BCUT2D eigenvalue weighted by Gasteiger charge is 2.46. The standard InChI is InChI=1S/C23H27N3/c1-25(2)23(9-10-23)19-6-7-20-18(12-19)14-26(3)15-21(20)17-5-4-16-8-11-24-22(16)13-17/h4-8,11-13,21,24H,9-10,14-15H2,1-3H3. The highest BCUT2D eigenvalue weighted by molar-refractivity contribution is 5.80. The van der Waals surface area contributed by atoms with Crippen LogP contribution in [-0.2, 0) is 12.1 Å². The molecule has 3 heteroatoms. The van der Waals surface area contributed by atoms with Gasteiger partial charge in [0, 0.05) is 36.3 Å². The molecule has 134 valence electrons. The summed E-state index contributed by atoms with van der Waals surface area (Å²) in [7, 11) is 6.68. The molecule has 1 aliphatic carbocycles.